The van der Waals surface area contributed by atoms with Gasteiger partial charge in [0.1, 0.15) is 0 Å². The molecule has 1 aliphatic heterocycles. The molecule has 3 unspecified atom stereocenters. The third-order valence-electron chi connectivity index (χ3n) is 9.88. The molecule has 252 valence electrons. The summed E-state index contributed by atoms with van der Waals surface area (Å²) in [6.07, 6.45) is 0.664. The molecule has 1 heterocycles. The van der Waals surface area contributed by atoms with E-state index in [9.17, 15) is 14.7 Å². The highest BCUT2D eigenvalue weighted by atomic mass is 35.5. The van der Waals surface area contributed by atoms with Gasteiger partial charge < -0.3 is 14.4 Å². The van der Waals surface area contributed by atoms with Crippen molar-refractivity contribution in [2.24, 2.45) is 5.41 Å². The molecular weight excluding hydrogens is 657 g/mol. The number of benzene rings is 4. The van der Waals surface area contributed by atoms with Crippen molar-refractivity contribution in [3.8, 4) is 0 Å². The molecule has 5 rings (SSSR count). The Morgan fingerprint density at radius 2 is 1.48 bits per heavy atom. The van der Waals surface area contributed by atoms with E-state index in [2.05, 4.69) is 76.2 Å². The molecular formula is C40H45Cl2NO4Si. The number of likely N-dealkylation sites (tertiary alicyclic amines) is 1. The fourth-order valence-electron chi connectivity index (χ4n) is 7.65. The Bertz CT molecular complexity index is 1670. The van der Waals surface area contributed by atoms with Gasteiger partial charge in [0.05, 0.1) is 17.9 Å². The zero-order valence-corrected chi connectivity index (χ0v) is 30.8. The van der Waals surface area contributed by atoms with Gasteiger partial charge in [0.15, 0.2) is 0 Å². The van der Waals surface area contributed by atoms with E-state index in [-0.39, 0.29) is 35.4 Å². The van der Waals surface area contributed by atoms with Crippen LogP contribution < -0.4 is 10.4 Å². The summed E-state index contributed by atoms with van der Waals surface area (Å²) in [6, 6.07) is 35.7. The number of rotatable bonds is 11. The first kappa shape index (κ1) is 35.9. The second-order valence-electron chi connectivity index (χ2n) is 14.4. The van der Waals surface area contributed by atoms with Crippen LogP contribution in [0.3, 0.4) is 0 Å². The van der Waals surface area contributed by atoms with Gasteiger partial charge in [0.25, 0.3) is 8.32 Å². The first-order chi connectivity index (χ1) is 22.8. The molecule has 4 aromatic rings. The number of halogens is 2. The Hall–Kier alpha value is -3.42. The van der Waals surface area contributed by atoms with E-state index >= 15 is 0 Å². The molecule has 0 aliphatic carbocycles. The first-order valence-corrected chi connectivity index (χ1v) is 19.2. The maximum atomic E-state index is 14.7. The Labute approximate surface area is 296 Å². The van der Waals surface area contributed by atoms with Crippen molar-refractivity contribution in [3.63, 3.8) is 0 Å². The number of carbonyl (C=O) groups excluding carboxylic acids is 1. The van der Waals surface area contributed by atoms with Crippen LogP contribution in [0.4, 0.5) is 0 Å². The molecule has 0 bridgehead atoms. The monoisotopic (exact) mass is 701 g/mol. The largest absolute Gasteiger partial charge is 0.481 e. The van der Waals surface area contributed by atoms with Crippen LogP contribution >= 0.6 is 23.2 Å². The molecule has 1 amide bonds. The third-order valence-corrected chi connectivity index (χ3v) is 15.4. The van der Waals surface area contributed by atoms with Crippen molar-refractivity contribution in [2.45, 2.75) is 76.9 Å². The lowest BCUT2D eigenvalue weighted by Gasteiger charge is -2.51. The molecule has 0 radical (unpaired) electrons. The van der Waals surface area contributed by atoms with Crippen LogP contribution in [0, 0.1) is 5.41 Å². The zero-order valence-electron chi connectivity index (χ0n) is 28.3. The maximum Gasteiger partial charge on any atom is 0.304 e. The Balaban J connectivity index is 1.56. The van der Waals surface area contributed by atoms with E-state index in [1.807, 2.05) is 65.6 Å². The van der Waals surface area contributed by atoms with E-state index in [0.717, 1.165) is 11.1 Å². The van der Waals surface area contributed by atoms with Crippen LogP contribution in [0.25, 0.3) is 0 Å². The summed E-state index contributed by atoms with van der Waals surface area (Å²) in [4.78, 5) is 28.8. The highest BCUT2D eigenvalue weighted by molar-refractivity contribution is 6.99. The minimum absolute atomic E-state index is 0.166. The van der Waals surface area contributed by atoms with Crippen molar-refractivity contribution in [1.29, 1.82) is 0 Å². The van der Waals surface area contributed by atoms with Gasteiger partial charge in [-0.1, -0.05) is 136 Å². The summed E-state index contributed by atoms with van der Waals surface area (Å²) in [5.41, 5.74) is 0.789. The Morgan fingerprint density at radius 1 is 0.896 bits per heavy atom. The van der Waals surface area contributed by atoms with Crippen molar-refractivity contribution in [3.05, 3.63) is 130 Å². The summed E-state index contributed by atoms with van der Waals surface area (Å²) in [5.74, 6) is -1.36. The second-order valence-corrected chi connectivity index (χ2v) is 19.5. The predicted molar refractivity (Wildman–Crippen MR) is 198 cm³/mol. The van der Waals surface area contributed by atoms with Gasteiger partial charge in [0, 0.05) is 28.6 Å². The SMILES string of the molecule is C[C@@H](CCO[Si](c1ccccc1)(c1ccccc1)C(C)(C)C)N1C(=O)C(C)(CC(=O)O)CC(c2cccc(Cl)c2)C1c1ccc(Cl)cc1. The molecule has 1 aliphatic rings. The van der Waals surface area contributed by atoms with Gasteiger partial charge in [-0.15, -0.1) is 0 Å². The lowest BCUT2D eigenvalue weighted by molar-refractivity contribution is -0.160. The lowest BCUT2D eigenvalue weighted by atomic mass is 9.67. The van der Waals surface area contributed by atoms with Gasteiger partial charge in [-0.25, -0.2) is 0 Å². The summed E-state index contributed by atoms with van der Waals surface area (Å²) >= 11 is 12.8. The molecule has 1 N–H and O–H groups in total. The number of hydrogen-bond donors (Lipinski definition) is 1. The number of carbonyl (C=O) groups is 2. The van der Waals surface area contributed by atoms with E-state index in [0.29, 0.717) is 29.5 Å². The fraction of sp³-hybridized carbons (Fsp3) is 0.350. The van der Waals surface area contributed by atoms with Crippen LogP contribution in [0.15, 0.2) is 109 Å². The van der Waals surface area contributed by atoms with E-state index < -0.39 is 19.7 Å². The van der Waals surface area contributed by atoms with Crippen molar-refractivity contribution in [1.82, 2.24) is 4.90 Å². The summed E-state index contributed by atoms with van der Waals surface area (Å²) in [7, 11) is -2.80. The Kier molecular flexibility index (Phi) is 10.9. The lowest BCUT2D eigenvalue weighted by Crippen LogP contribution is -2.66. The molecule has 0 aromatic heterocycles. The quantitative estimate of drug-likeness (QED) is 0.159. The molecule has 0 saturated carbocycles. The standard InChI is InChI=1S/C40H45Cl2NO4Si/c1-28(23-24-47-48(39(2,3)4,33-15-8-6-9-16-33)34-17-10-7-11-18-34)43-37(29-19-21-31(41)22-20-29)35(30-13-12-14-32(42)25-30)26-40(5,38(43)46)27-36(44)45/h6-22,25,28,35,37H,23-24,26-27H2,1-5H3,(H,44,45)/t28-,35?,37?,40?/m0/s1. The van der Waals surface area contributed by atoms with Crippen LogP contribution in [-0.2, 0) is 14.0 Å². The van der Waals surface area contributed by atoms with Gasteiger partial charge in [0.2, 0.25) is 5.91 Å². The molecule has 48 heavy (non-hydrogen) atoms. The third kappa shape index (κ3) is 7.28. The van der Waals surface area contributed by atoms with Crippen LogP contribution in [-0.4, -0.2) is 42.8 Å². The van der Waals surface area contributed by atoms with Crippen LogP contribution in [0.1, 0.15) is 77.0 Å². The number of nitrogens with zero attached hydrogens (tertiary/aromatic N) is 1. The van der Waals surface area contributed by atoms with Gasteiger partial charge in [-0.3, -0.25) is 9.59 Å². The number of piperidine rings is 1. The number of carboxylic acids is 1. The van der Waals surface area contributed by atoms with Gasteiger partial charge in [-0.05, 0) is 70.6 Å². The maximum absolute atomic E-state index is 14.7. The van der Waals surface area contributed by atoms with E-state index in [1.165, 1.54) is 10.4 Å². The average Bonchev–Trinajstić information content (AvgIpc) is 3.04. The van der Waals surface area contributed by atoms with Crippen molar-refractivity contribution >= 4 is 53.8 Å². The van der Waals surface area contributed by atoms with E-state index in [1.54, 1.807) is 6.92 Å². The topological polar surface area (TPSA) is 66.8 Å². The van der Waals surface area contributed by atoms with Crippen LogP contribution in [0.5, 0.6) is 0 Å². The minimum Gasteiger partial charge on any atom is -0.481 e. The normalized spacial score (nSPS) is 20.8. The average molecular weight is 703 g/mol. The highest BCUT2D eigenvalue weighted by Crippen LogP contribution is 2.52. The molecule has 0 spiro atoms. The summed E-state index contributed by atoms with van der Waals surface area (Å²) in [6.45, 7) is 11.0. The first-order valence-electron chi connectivity index (χ1n) is 16.6. The number of amides is 1. The van der Waals surface area contributed by atoms with Crippen LogP contribution in [0.2, 0.25) is 15.1 Å². The summed E-state index contributed by atoms with van der Waals surface area (Å²) < 4.78 is 7.24. The van der Waals surface area contributed by atoms with Crippen molar-refractivity contribution < 1.29 is 19.1 Å². The van der Waals surface area contributed by atoms with E-state index in [4.69, 9.17) is 27.6 Å². The second kappa shape index (κ2) is 14.6. The van der Waals surface area contributed by atoms with Gasteiger partial charge >= 0.3 is 5.97 Å². The van der Waals surface area contributed by atoms with Crippen molar-refractivity contribution in [2.75, 3.05) is 6.61 Å². The van der Waals surface area contributed by atoms with Gasteiger partial charge in [-0.2, -0.15) is 0 Å². The fourth-order valence-corrected chi connectivity index (χ4v) is 12.5. The predicted octanol–water partition coefficient (Wildman–Crippen LogP) is 8.89. The summed E-state index contributed by atoms with van der Waals surface area (Å²) in [5, 5.41) is 13.4. The molecule has 4 atom stereocenters. The number of hydrogen-bond acceptors (Lipinski definition) is 3. The molecule has 4 aromatic carbocycles. The molecule has 5 nitrogen and oxygen atoms in total. The minimum atomic E-state index is -2.80. The number of carboxylic acid groups (broad SMARTS) is 1. The highest BCUT2D eigenvalue weighted by Gasteiger charge is 2.53. The molecule has 1 fully saturated rings. The molecule has 1 saturated heterocycles. The molecule has 8 heteroatoms. The Morgan fingerprint density at radius 3 is 2.00 bits per heavy atom. The number of aliphatic carboxylic acids is 1. The smallest absolute Gasteiger partial charge is 0.304 e. The zero-order chi connectivity index (χ0) is 34.7.